The zero-order chi connectivity index (χ0) is 13.1. The molecule has 0 aliphatic carbocycles. The number of nitrogens with zero attached hydrogens (tertiary/aromatic N) is 3. The summed E-state index contributed by atoms with van der Waals surface area (Å²) in [5, 5.41) is 8.04. The molecule has 1 N–H and O–H groups in total. The Kier molecular flexibility index (Phi) is 3.84. The first kappa shape index (κ1) is 12.9. The van der Waals surface area contributed by atoms with Crippen molar-refractivity contribution < 1.29 is 4.74 Å². The molecule has 0 aliphatic rings. The Morgan fingerprint density at radius 1 is 1.44 bits per heavy atom. The summed E-state index contributed by atoms with van der Waals surface area (Å²) in [6, 6.07) is 1.79. The summed E-state index contributed by atoms with van der Waals surface area (Å²) in [7, 11) is 5.37. The van der Waals surface area contributed by atoms with Crippen LogP contribution < -0.4 is 10.1 Å². The number of aryl methyl sites for hydroxylation is 1. The highest BCUT2D eigenvalue weighted by Crippen LogP contribution is 2.32. The average molecular weight is 267 g/mol. The molecule has 1 atom stereocenters. The molecule has 0 spiro atoms. The average Bonchev–Trinajstić information content (AvgIpc) is 2.74. The number of rotatable bonds is 4. The van der Waals surface area contributed by atoms with Gasteiger partial charge in [0, 0.05) is 19.4 Å². The van der Waals surface area contributed by atoms with Crippen molar-refractivity contribution in [3.05, 3.63) is 40.9 Å². The standard InChI is InChI=1S/C12H15ClN4O/c1-14-11(8-4-5-15-6-9(8)13)12-10(18-3)7-16-17(12)2/h4-7,11,14H,1-3H3. The number of halogens is 1. The van der Waals surface area contributed by atoms with E-state index in [0.29, 0.717) is 5.02 Å². The molecule has 0 aliphatic heterocycles. The van der Waals surface area contributed by atoms with Crippen molar-refractivity contribution in [2.45, 2.75) is 6.04 Å². The molecule has 5 nitrogen and oxygen atoms in total. The molecule has 1 unspecified atom stereocenters. The predicted molar refractivity (Wildman–Crippen MR) is 69.9 cm³/mol. The van der Waals surface area contributed by atoms with Crippen LogP contribution >= 0.6 is 11.6 Å². The predicted octanol–water partition coefficient (Wildman–Crippen LogP) is 1.79. The fourth-order valence-electron chi connectivity index (χ4n) is 1.97. The second-order valence-corrected chi connectivity index (χ2v) is 4.25. The Hall–Kier alpha value is -1.59. The van der Waals surface area contributed by atoms with Crippen molar-refractivity contribution >= 4 is 11.6 Å². The third kappa shape index (κ3) is 2.19. The second kappa shape index (κ2) is 5.37. The minimum Gasteiger partial charge on any atom is -0.493 e. The summed E-state index contributed by atoms with van der Waals surface area (Å²) in [6.07, 6.45) is 5.03. The Morgan fingerprint density at radius 2 is 2.22 bits per heavy atom. The zero-order valence-corrected chi connectivity index (χ0v) is 11.3. The van der Waals surface area contributed by atoms with Crippen molar-refractivity contribution in [2.75, 3.05) is 14.2 Å². The van der Waals surface area contributed by atoms with Gasteiger partial charge in [0.15, 0.2) is 5.75 Å². The maximum Gasteiger partial charge on any atom is 0.161 e. The molecular formula is C12H15ClN4O. The first-order valence-corrected chi connectivity index (χ1v) is 5.89. The van der Waals surface area contributed by atoms with E-state index in [1.807, 2.05) is 20.2 Å². The van der Waals surface area contributed by atoms with Crippen LogP contribution in [0.25, 0.3) is 0 Å². The quantitative estimate of drug-likeness (QED) is 0.917. The van der Waals surface area contributed by atoms with Gasteiger partial charge < -0.3 is 10.1 Å². The number of ether oxygens (including phenoxy) is 1. The third-order valence-electron chi connectivity index (χ3n) is 2.85. The highest BCUT2D eigenvalue weighted by atomic mass is 35.5. The first-order chi connectivity index (χ1) is 8.69. The molecule has 0 fully saturated rings. The molecule has 18 heavy (non-hydrogen) atoms. The van der Waals surface area contributed by atoms with E-state index in [4.69, 9.17) is 16.3 Å². The minimum absolute atomic E-state index is 0.0945. The molecule has 2 aromatic heterocycles. The molecule has 0 saturated heterocycles. The molecule has 2 rings (SSSR count). The van der Waals surface area contributed by atoms with Gasteiger partial charge in [-0.15, -0.1) is 0 Å². The van der Waals surface area contributed by atoms with Crippen molar-refractivity contribution in [3.63, 3.8) is 0 Å². The first-order valence-electron chi connectivity index (χ1n) is 5.51. The van der Waals surface area contributed by atoms with Crippen LogP contribution in [0.5, 0.6) is 5.75 Å². The molecule has 0 saturated carbocycles. The Bertz CT molecular complexity index is 541. The topological polar surface area (TPSA) is 52.0 Å². The molecule has 2 heterocycles. The van der Waals surface area contributed by atoms with Gasteiger partial charge in [0.2, 0.25) is 0 Å². The third-order valence-corrected chi connectivity index (χ3v) is 3.16. The van der Waals surface area contributed by atoms with Crippen molar-refractivity contribution in [2.24, 2.45) is 7.05 Å². The van der Waals surface area contributed by atoms with E-state index in [0.717, 1.165) is 17.0 Å². The van der Waals surface area contributed by atoms with Gasteiger partial charge in [0.05, 0.1) is 24.4 Å². The molecule has 2 aromatic rings. The molecular weight excluding hydrogens is 252 g/mol. The van der Waals surface area contributed by atoms with Crippen LogP contribution in [-0.2, 0) is 7.05 Å². The summed E-state index contributed by atoms with van der Waals surface area (Å²) in [5.74, 6) is 0.727. The van der Waals surface area contributed by atoms with Gasteiger partial charge in [0.25, 0.3) is 0 Å². The normalized spacial score (nSPS) is 12.4. The van der Waals surface area contributed by atoms with E-state index in [9.17, 15) is 0 Å². The molecule has 0 radical (unpaired) electrons. The monoisotopic (exact) mass is 266 g/mol. The maximum atomic E-state index is 6.19. The van der Waals surface area contributed by atoms with Gasteiger partial charge >= 0.3 is 0 Å². The fourth-order valence-corrected chi connectivity index (χ4v) is 2.20. The van der Waals surface area contributed by atoms with Gasteiger partial charge in [-0.05, 0) is 18.7 Å². The minimum atomic E-state index is -0.0945. The van der Waals surface area contributed by atoms with E-state index >= 15 is 0 Å². The van der Waals surface area contributed by atoms with Crippen molar-refractivity contribution in [1.82, 2.24) is 20.1 Å². The van der Waals surface area contributed by atoms with Crippen LogP contribution in [0.2, 0.25) is 5.02 Å². The Balaban J connectivity index is 2.52. The van der Waals surface area contributed by atoms with Gasteiger partial charge in [0.1, 0.15) is 5.69 Å². The summed E-state index contributed by atoms with van der Waals surface area (Å²) < 4.78 is 7.10. The smallest absolute Gasteiger partial charge is 0.161 e. The summed E-state index contributed by atoms with van der Waals surface area (Å²) in [5.41, 5.74) is 1.86. The van der Waals surface area contributed by atoms with Crippen LogP contribution in [0.3, 0.4) is 0 Å². The fraction of sp³-hybridized carbons (Fsp3) is 0.333. The maximum absolute atomic E-state index is 6.19. The molecule has 96 valence electrons. The number of hydrogen-bond acceptors (Lipinski definition) is 4. The van der Waals surface area contributed by atoms with Crippen molar-refractivity contribution in [3.8, 4) is 5.75 Å². The summed E-state index contributed by atoms with van der Waals surface area (Å²) in [4.78, 5) is 3.99. The number of hydrogen-bond donors (Lipinski definition) is 1. The SMILES string of the molecule is CNC(c1ccncc1Cl)c1c(OC)cnn1C. The number of pyridine rings is 1. The van der Waals surface area contributed by atoms with Crippen LogP contribution in [0.1, 0.15) is 17.3 Å². The van der Waals surface area contributed by atoms with Crippen molar-refractivity contribution in [1.29, 1.82) is 0 Å². The van der Waals surface area contributed by atoms with Gasteiger partial charge in [-0.1, -0.05) is 11.6 Å². The summed E-state index contributed by atoms with van der Waals surface area (Å²) >= 11 is 6.19. The van der Waals surface area contributed by atoms with E-state index in [1.54, 1.807) is 30.4 Å². The lowest BCUT2D eigenvalue weighted by Gasteiger charge is -2.19. The lowest BCUT2D eigenvalue weighted by molar-refractivity contribution is 0.402. The highest BCUT2D eigenvalue weighted by molar-refractivity contribution is 6.31. The van der Waals surface area contributed by atoms with Crippen LogP contribution in [0.4, 0.5) is 0 Å². The van der Waals surface area contributed by atoms with Gasteiger partial charge in [-0.25, -0.2) is 0 Å². The van der Waals surface area contributed by atoms with E-state index in [-0.39, 0.29) is 6.04 Å². The lowest BCUT2D eigenvalue weighted by atomic mass is 10.0. The van der Waals surface area contributed by atoms with E-state index in [2.05, 4.69) is 15.4 Å². The van der Waals surface area contributed by atoms with Crippen LogP contribution in [0, 0.1) is 0 Å². The molecule has 0 bridgehead atoms. The second-order valence-electron chi connectivity index (χ2n) is 3.84. The molecule has 0 amide bonds. The molecule has 6 heteroatoms. The Morgan fingerprint density at radius 3 is 2.83 bits per heavy atom. The van der Waals surface area contributed by atoms with E-state index in [1.165, 1.54) is 0 Å². The zero-order valence-electron chi connectivity index (χ0n) is 10.5. The van der Waals surface area contributed by atoms with Crippen LogP contribution in [0.15, 0.2) is 24.7 Å². The Labute approximate surface area is 111 Å². The number of nitrogens with one attached hydrogen (secondary N) is 1. The largest absolute Gasteiger partial charge is 0.493 e. The van der Waals surface area contributed by atoms with E-state index < -0.39 is 0 Å². The summed E-state index contributed by atoms with van der Waals surface area (Å²) in [6.45, 7) is 0. The molecule has 0 aromatic carbocycles. The number of aromatic nitrogens is 3. The van der Waals surface area contributed by atoms with Gasteiger partial charge in [-0.2, -0.15) is 5.10 Å². The highest BCUT2D eigenvalue weighted by Gasteiger charge is 2.22. The van der Waals surface area contributed by atoms with Crippen LogP contribution in [-0.4, -0.2) is 28.9 Å². The van der Waals surface area contributed by atoms with Gasteiger partial charge in [-0.3, -0.25) is 9.67 Å². The lowest BCUT2D eigenvalue weighted by Crippen LogP contribution is -2.21. The number of methoxy groups -OCH3 is 1.